The first-order valence-corrected chi connectivity index (χ1v) is 12.7. The van der Waals surface area contributed by atoms with Crippen LogP contribution >= 0.6 is 0 Å². The third kappa shape index (κ3) is 3.54. The zero-order valence-corrected chi connectivity index (χ0v) is 20.9. The summed E-state index contributed by atoms with van der Waals surface area (Å²) in [5.41, 5.74) is -4.03. The van der Waals surface area contributed by atoms with Crippen molar-refractivity contribution in [3.8, 4) is 11.3 Å². The lowest BCUT2D eigenvalue weighted by Crippen LogP contribution is -2.60. The molecule has 3 heterocycles. The molecule has 0 spiro atoms. The number of rotatable bonds is 5. The first-order valence-electron chi connectivity index (χ1n) is 11.3. The van der Waals surface area contributed by atoms with Crippen LogP contribution in [-0.2, 0) is 16.6 Å². The molecular formula is C22H19B4N5O6S. The van der Waals surface area contributed by atoms with E-state index in [0.717, 1.165) is 9.54 Å². The zero-order valence-electron chi connectivity index (χ0n) is 20.0. The standard InChI is InChI=1S/C22H19B4N5O6S/c1-12-2-4-14(5-3-12)38(36,37)31-7-6-15-17(27-11-28-18(15)31)13-8-29-30(9-13)10-16-19(23,32)22(26,35)21(24,25)20(16,33)34/h2-9,11,16,32-35H,10H2,1H3. The average molecular weight is 525 g/mol. The van der Waals surface area contributed by atoms with E-state index in [1.54, 1.807) is 18.2 Å². The fourth-order valence-corrected chi connectivity index (χ4v) is 5.99. The van der Waals surface area contributed by atoms with Gasteiger partial charge in [0.25, 0.3) is 10.0 Å². The summed E-state index contributed by atoms with van der Waals surface area (Å²) >= 11 is 0. The Morgan fingerprint density at radius 1 is 1.00 bits per heavy atom. The van der Waals surface area contributed by atoms with Crippen molar-refractivity contribution in [1.29, 1.82) is 0 Å². The topological polar surface area (TPSA) is 164 Å². The molecule has 0 bridgehead atoms. The zero-order chi connectivity index (χ0) is 27.9. The maximum atomic E-state index is 13.2. The number of benzene rings is 1. The lowest BCUT2D eigenvalue weighted by Gasteiger charge is -2.44. The van der Waals surface area contributed by atoms with Gasteiger partial charge < -0.3 is 20.4 Å². The summed E-state index contributed by atoms with van der Waals surface area (Å²) in [7, 11) is 18.8. The van der Waals surface area contributed by atoms with Crippen LogP contribution in [0.25, 0.3) is 22.3 Å². The molecule has 1 saturated carbocycles. The van der Waals surface area contributed by atoms with Crippen LogP contribution in [0.4, 0.5) is 0 Å². The first-order chi connectivity index (χ1) is 17.5. The van der Waals surface area contributed by atoms with Crippen molar-refractivity contribution in [2.24, 2.45) is 5.92 Å². The van der Waals surface area contributed by atoms with Crippen LogP contribution in [0.1, 0.15) is 5.56 Å². The van der Waals surface area contributed by atoms with E-state index in [1.165, 1.54) is 41.7 Å². The summed E-state index contributed by atoms with van der Waals surface area (Å²) in [6.07, 6.45) is 5.37. The molecule has 11 nitrogen and oxygen atoms in total. The molecule has 38 heavy (non-hydrogen) atoms. The number of aliphatic hydroxyl groups is 4. The molecule has 1 aromatic carbocycles. The Labute approximate surface area is 223 Å². The monoisotopic (exact) mass is 525 g/mol. The highest BCUT2D eigenvalue weighted by Crippen LogP contribution is 2.59. The normalized spacial score (nSPS) is 26.6. The molecule has 1 aliphatic carbocycles. The Morgan fingerprint density at radius 3 is 2.26 bits per heavy atom. The molecule has 186 valence electrons. The molecule has 3 atom stereocenters. The van der Waals surface area contributed by atoms with Crippen LogP contribution in [-0.4, -0.2) is 101 Å². The molecule has 16 heteroatoms. The van der Waals surface area contributed by atoms with E-state index < -0.39 is 44.5 Å². The predicted molar refractivity (Wildman–Crippen MR) is 139 cm³/mol. The quantitative estimate of drug-likeness (QED) is 0.176. The summed E-state index contributed by atoms with van der Waals surface area (Å²) in [4.78, 5) is 8.51. The number of aryl methyl sites for hydroxylation is 1. The highest BCUT2D eigenvalue weighted by atomic mass is 32.2. The van der Waals surface area contributed by atoms with Crippen LogP contribution in [0.5, 0.6) is 0 Å². The van der Waals surface area contributed by atoms with E-state index in [4.69, 9.17) is 31.4 Å². The van der Waals surface area contributed by atoms with Gasteiger partial charge in [-0.3, -0.25) is 4.68 Å². The van der Waals surface area contributed by atoms with Gasteiger partial charge in [0, 0.05) is 28.8 Å². The summed E-state index contributed by atoms with van der Waals surface area (Å²) in [6.45, 7) is 1.37. The molecule has 4 N–H and O–H groups in total. The van der Waals surface area contributed by atoms with Gasteiger partial charge in [-0.25, -0.2) is 22.4 Å². The predicted octanol–water partition coefficient (Wildman–Crippen LogP) is -1.68. The van der Waals surface area contributed by atoms with Crippen LogP contribution in [0.2, 0.25) is 5.21 Å². The number of hydrogen-bond donors (Lipinski definition) is 4. The maximum Gasteiger partial charge on any atom is 0.269 e. The van der Waals surface area contributed by atoms with Crippen LogP contribution < -0.4 is 0 Å². The number of fused-ring (bicyclic) bond motifs is 1. The molecule has 0 saturated heterocycles. The van der Waals surface area contributed by atoms with Crippen molar-refractivity contribution in [3.05, 3.63) is 60.8 Å². The van der Waals surface area contributed by atoms with Gasteiger partial charge in [-0.05, 0) is 30.3 Å². The Bertz CT molecular complexity index is 1620. The van der Waals surface area contributed by atoms with E-state index in [9.17, 15) is 28.8 Å². The minimum atomic E-state index is -3.95. The molecule has 1 fully saturated rings. The summed E-state index contributed by atoms with van der Waals surface area (Å²) in [6, 6.07) is 7.94. The van der Waals surface area contributed by atoms with Gasteiger partial charge in [0.2, 0.25) is 0 Å². The molecule has 8 radical (unpaired) electrons. The molecular weight excluding hydrogens is 506 g/mol. The highest BCUT2D eigenvalue weighted by molar-refractivity contribution is 7.90. The molecule has 3 aromatic heterocycles. The minimum absolute atomic E-state index is 0.0895. The largest absolute Gasteiger partial charge is 0.398 e. The SMILES string of the molecule is [B]C1(O)C(Cn2cc(-c3ncnc4c3ccn4S(=O)(=O)c3ccc(C)cc3)cn2)C(O)(O)C([B])([B])C1([B])O. The Balaban J connectivity index is 1.51. The molecule has 1 aliphatic rings. The van der Waals surface area contributed by atoms with Gasteiger partial charge >= 0.3 is 0 Å². The van der Waals surface area contributed by atoms with Crippen LogP contribution in [0.15, 0.2) is 60.1 Å². The van der Waals surface area contributed by atoms with E-state index in [2.05, 4.69) is 15.1 Å². The Kier molecular flexibility index (Phi) is 5.83. The van der Waals surface area contributed by atoms with Crippen molar-refractivity contribution in [3.63, 3.8) is 0 Å². The second-order valence-electron chi connectivity index (χ2n) is 9.58. The number of hydrogen-bond acceptors (Lipinski definition) is 9. The molecule has 4 aromatic rings. The third-order valence-electron chi connectivity index (χ3n) is 7.17. The smallest absolute Gasteiger partial charge is 0.269 e. The van der Waals surface area contributed by atoms with Crippen molar-refractivity contribution < 1.29 is 28.8 Å². The average Bonchev–Trinajstić information content (AvgIpc) is 3.50. The molecule has 0 aliphatic heterocycles. The highest BCUT2D eigenvalue weighted by Gasteiger charge is 2.72. The van der Waals surface area contributed by atoms with Gasteiger partial charge in [0.05, 0.1) is 50.4 Å². The van der Waals surface area contributed by atoms with Crippen molar-refractivity contribution in [2.75, 3.05) is 0 Å². The fourth-order valence-electron chi connectivity index (χ4n) is 4.69. The van der Waals surface area contributed by atoms with Crippen molar-refractivity contribution >= 4 is 52.4 Å². The molecule has 3 unspecified atom stereocenters. The second-order valence-corrected chi connectivity index (χ2v) is 11.4. The Morgan fingerprint density at radius 2 is 1.66 bits per heavy atom. The van der Waals surface area contributed by atoms with E-state index in [0.29, 0.717) is 16.6 Å². The summed E-state index contributed by atoms with van der Waals surface area (Å²) in [5, 5.41) is 44.0. The molecule has 5 rings (SSSR count). The lowest BCUT2D eigenvalue weighted by atomic mass is 9.38. The van der Waals surface area contributed by atoms with E-state index in [1.807, 2.05) is 6.92 Å². The van der Waals surface area contributed by atoms with Gasteiger partial charge in [0.1, 0.15) is 22.0 Å². The first kappa shape index (κ1) is 26.7. The number of nitrogens with zero attached hydrogens (tertiary/aromatic N) is 5. The lowest BCUT2D eigenvalue weighted by molar-refractivity contribution is -0.208. The van der Waals surface area contributed by atoms with Gasteiger partial charge in [-0.1, -0.05) is 17.7 Å². The Hall–Kier alpha value is -2.90. The summed E-state index contributed by atoms with van der Waals surface area (Å²) in [5.74, 6) is -4.88. The minimum Gasteiger partial charge on any atom is -0.398 e. The second kappa shape index (κ2) is 8.30. The van der Waals surface area contributed by atoms with Gasteiger partial charge in [0.15, 0.2) is 11.4 Å². The summed E-state index contributed by atoms with van der Waals surface area (Å²) < 4.78 is 28.7. The maximum absolute atomic E-state index is 13.2. The van der Waals surface area contributed by atoms with Gasteiger partial charge in [-0.2, -0.15) is 5.10 Å². The molecule has 0 amide bonds. The van der Waals surface area contributed by atoms with E-state index in [-0.39, 0.29) is 10.5 Å². The fraction of sp³-hybridized carbons (Fsp3) is 0.318. The van der Waals surface area contributed by atoms with Crippen LogP contribution in [0.3, 0.4) is 0 Å². The third-order valence-corrected chi connectivity index (χ3v) is 8.85. The van der Waals surface area contributed by atoms with Gasteiger partial charge in [-0.15, -0.1) is 0 Å². The van der Waals surface area contributed by atoms with Crippen molar-refractivity contribution in [2.45, 2.75) is 40.4 Å². The number of aromatic nitrogens is 5. The van der Waals surface area contributed by atoms with Crippen LogP contribution in [0, 0.1) is 12.8 Å². The van der Waals surface area contributed by atoms with Crippen molar-refractivity contribution in [1.82, 2.24) is 23.7 Å². The van der Waals surface area contributed by atoms with E-state index >= 15 is 0 Å².